The van der Waals surface area contributed by atoms with E-state index in [2.05, 4.69) is 5.32 Å². The van der Waals surface area contributed by atoms with Gasteiger partial charge in [-0.15, -0.1) is 0 Å². The highest BCUT2D eigenvalue weighted by molar-refractivity contribution is 5.87. The first kappa shape index (κ1) is 19.1. The van der Waals surface area contributed by atoms with Crippen molar-refractivity contribution in [2.75, 3.05) is 34.0 Å². The van der Waals surface area contributed by atoms with E-state index in [0.29, 0.717) is 0 Å². The average molecular weight is 305 g/mol. The number of methoxy groups -OCH3 is 2. The van der Waals surface area contributed by atoms with Crippen molar-refractivity contribution in [2.45, 2.75) is 25.4 Å². The van der Waals surface area contributed by atoms with E-state index in [9.17, 15) is 14.4 Å². The quantitative estimate of drug-likeness (QED) is 0.475. The minimum atomic E-state index is -1.37. The minimum Gasteiger partial charge on any atom is -0.480 e. The normalized spacial score (nSPS) is 13.3. The molecule has 0 radical (unpaired) electrons. The van der Waals surface area contributed by atoms with Crippen LogP contribution in [-0.4, -0.2) is 74.0 Å². The fourth-order valence-electron chi connectivity index (χ4n) is 1.68. The topological polar surface area (TPSA) is 131 Å². The lowest BCUT2D eigenvalue weighted by molar-refractivity contribution is -0.141. The molecule has 122 valence electrons. The highest BCUT2D eigenvalue weighted by atomic mass is 16.5. The van der Waals surface area contributed by atoms with Crippen molar-refractivity contribution < 1.29 is 29.0 Å². The first-order valence-electron chi connectivity index (χ1n) is 6.39. The summed E-state index contributed by atoms with van der Waals surface area (Å²) >= 11 is 0. The van der Waals surface area contributed by atoms with Crippen LogP contribution in [0.1, 0.15) is 13.3 Å². The van der Waals surface area contributed by atoms with Gasteiger partial charge in [0.15, 0.2) is 0 Å². The molecule has 21 heavy (non-hydrogen) atoms. The number of primary amides is 1. The molecule has 9 nitrogen and oxygen atoms in total. The van der Waals surface area contributed by atoms with Crippen molar-refractivity contribution in [1.82, 2.24) is 10.2 Å². The molecule has 0 heterocycles. The molecule has 0 aromatic rings. The zero-order valence-electron chi connectivity index (χ0n) is 12.5. The Kier molecular flexibility index (Phi) is 9.06. The Morgan fingerprint density at radius 1 is 1.29 bits per heavy atom. The van der Waals surface area contributed by atoms with Gasteiger partial charge in [0.1, 0.15) is 6.04 Å². The molecule has 1 unspecified atom stereocenters. The Bertz CT molecular complexity index is 363. The van der Waals surface area contributed by atoms with Crippen LogP contribution in [0.15, 0.2) is 0 Å². The van der Waals surface area contributed by atoms with Crippen LogP contribution < -0.4 is 11.1 Å². The second kappa shape index (κ2) is 9.94. The molecule has 0 aliphatic carbocycles. The van der Waals surface area contributed by atoms with Gasteiger partial charge in [0.25, 0.3) is 0 Å². The van der Waals surface area contributed by atoms with Crippen LogP contribution in [0.2, 0.25) is 0 Å². The van der Waals surface area contributed by atoms with E-state index >= 15 is 0 Å². The average Bonchev–Trinajstić information content (AvgIpc) is 2.38. The molecule has 0 spiro atoms. The molecule has 0 aliphatic rings. The molecule has 0 rings (SSSR count). The number of hydrogen-bond acceptors (Lipinski definition) is 5. The molecule has 9 heteroatoms. The SMILES string of the molecule is COCCN(C(=O)N[C@@H](CC(N)=O)C(=O)O)C(C)COC. The number of nitrogens with one attached hydrogen (secondary N) is 1. The molecule has 0 aliphatic heterocycles. The van der Waals surface area contributed by atoms with Gasteiger partial charge >= 0.3 is 12.0 Å². The van der Waals surface area contributed by atoms with Crippen LogP contribution in [0.4, 0.5) is 4.79 Å². The van der Waals surface area contributed by atoms with E-state index in [-0.39, 0.29) is 25.8 Å². The molecule has 0 aromatic carbocycles. The second-order valence-corrected chi connectivity index (χ2v) is 4.50. The number of carbonyl (C=O) groups is 3. The van der Waals surface area contributed by atoms with Gasteiger partial charge in [0.05, 0.1) is 25.7 Å². The molecule has 0 saturated carbocycles. The van der Waals surface area contributed by atoms with Gasteiger partial charge in [-0.25, -0.2) is 9.59 Å². The lowest BCUT2D eigenvalue weighted by Crippen LogP contribution is -2.53. The minimum absolute atomic E-state index is 0.260. The van der Waals surface area contributed by atoms with Gasteiger partial charge in [0, 0.05) is 20.8 Å². The molecule has 2 atom stereocenters. The largest absolute Gasteiger partial charge is 0.480 e. The molecular weight excluding hydrogens is 282 g/mol. The summed E-state index contributed by atoms with van der Waals surface area (Å²) in [5, 5.41) is 11.3. The Hall–Kier alpha value is -1.87. The third-order valence-electron chi connectivity index (χ3n) is 2.74. The number of ether oxygens (including phenoxy) is 2. The summed E-state index contributed by atoms with van der Waals surface area (Å²) in [6.07, 6.45) is -0.474. The van der Waals surface area contributed by atoms with Gasteiger partial charge in [-0.1, -0.05) is 0 Å². The van der Waals surface area contributed by atoms with Crippen LogP contribution in [0.5, 0.6) is 0 Å². The van der Waals surface area contributed by atoms with Crippen LogP contribution >= 0.6 is 0 Å². The van der Waals surface area contributed by atoms with Crippen molar-refractivity contribution >= 4 is 17.9 Å². The summed E-state index contributed by atoms with van der Waals surface area (Å²) in [5.74, 6) is -2.13. The Labute approximate surface area is 123 Å². The van der Waals surface area contributed by atoms with Gasteiger partial charge in [-0.3, -0.25) is 4.79 Å². The zero-order chi connectivity index (χ0) is 16.4. The van der Waals surface area contributed by atoms with E-state index in [4.69, 9.17) is 20.3 Å². The lowest BCUT2D eigenvalue weighted by Gasteiger charge is -2.29. The highest BCUT2D eigenvalue weighted by Gasteiger charge is 2.27. The van der Waals surface area contributed by atoms with E-state index in [0.717, 1.165) is 0 Å². The van der Waals surface area contributed by atoms with Crippen molar-refractivity contribution in [1.29, 1.82) is 0 Å². The zero-order valence-corrected chi connectivity index (χ0v) is 12.5. The maximum atomic E-state index is 12.1. The fraction of sp³-hybridized carbons (Fsp3) is 0.750. The van der Waals surface area contributed by atoms with Crippen LogP contribution in [0.25, 0.3) is 0 Å². The van der Waals surface area contributed by atoms with Crippen molar-refractivity contribution in [3.63, 3.8) is 0 Å². The Balaban J connectivity index is 4.82. The third-order valence-corrected chi connectivity index (χ3v) is 2.74. The smallest absolute Gasteiger partial charge is 0.326 e. The number of nitrogens with two attached hydrogens (primary N) is 1. The van der Waals surface area contributed by atoms with Gasteiger partial charge < -0.3 is 30.5 Å². The molecule has 0 fully saturated rings. The van der Waals surface area contributed by atoms with Gasteiger partial charge in [-0.2, -0.15) is 0 Å². The van der Waals surface area contributed by atoms with E-state index < -0.39 is 30.4 Å². The number of amides is 3. The second-order valence-electron chi connectivity index (χ2n) is 4.50. The molecular formula is C12H23N3O6. The number of hydrogen-bond donors (Lipinski definition) is 3. The molecule has 3 amide bonds. The predicted octanol–water partition coefficient (Wildman–Crippen LogP) is -0.992. The summed E-state index contributed by atoms with van der Waals surface area (Å²) in [5.41, 5.74) is 4.96. The Morgan fingerprint density at radius 3 is 2.33 bits per heavy atom. The summed E-state index contributed by atoms with van der Waals surface area (Å²) in [7, 11) is 2.99. The molecule has 0 bridgehead atoms. The standard InChI is InChI=1S/C12H23N3O6/c1-8(7-21-3)15(4-5-20-2)12(19)14-9(11(17)18)6-10(13)16/h8-9H,4-7H2,1-3H3,(H2,13,16)(H,14,19)(H,17,18)/t8?,9-/m0/s1. The number of urea groups is 1. The van der Waals surface area contributed by atoms with E-state index in [1.807, 2.05) is 0 Å². The molecule has 0 aromatic heterocycles. The number of aliphatic carboxylic acids is 1. The summed E-state index contributed by atoms with van der Waals surface area (Å²) in [4.78, 5) is 35.4. The van der Waals surface area contributed by atoms with Crippen molar-refractivity contribution in [3.05, 3.63) is 0 Å². The van der Waals surface area contributed by atoms with Gasteiger partial charge in [-0.05, 0) is 6.92 Å². The maximum Gasteiger partial charge on any atom is 0.326 e. The van der Waals surface area contributed by atoms with Crippen LogP contribution in [0, 0.1) is 0 Å². The number of rotatable bonds is 10. The van der Waals surface area contributed by atoms with E-state index in [1.54, 1.807) is 6.92 Å². The third kappa shape index (κ3) is 7.47. The Morgan fingerprint density at radius 2 is 1.90 bits per heavy atom. The number of carboxylic acid groups (broad SMARTS) is 1. The van der Waals surface area contributed by atoms with Crippen LogP contribution in [0.3, 0.4) is 0 Å². The number of carbonyl (C=O) groups excluding carboxylic acids is 2. The first-order valence-corrected chi connectivity index (χ1v) is 6.39. The van der Waals surface area contributed by atoms with Crippen molar-refractivity contribution in [2.24, 2.45) is 5.73 Å². The molecule has 4 N–H and O–H groups in total. The summed E-state index contributed by atoms with van der Waals surface area (Å²) in [6, 6.07) is -2.27. The lowest BCUT2D eigenvalue weighted by atomic mass is 10.2. The summed E-state index contributed by atoms with van der Waals surface area (Å²) < 4.78 is 9.89. The first-order chi connectivity index (χ1) is 9.83. The molecule has 0 saturated heterocycles. The van der Waals surface area contributed by atoms with Gasteiger partial charge in [0.2, 0.25) is 5.91 Å². The van der Waals surface area contributed by atoms with Crippen LogP contribution in [-0.2, 0) is 19.1 Å². The predicted molar refractivity (Wildman–Crippen MR) is 73.7 cm³/mol. The number of nitrogens with zero attached hydrogens (tertiary/aromatic N) is 1. The monoisotopic (exact) mass is 305 g/mol. The highest BCUT2D eigenvalue weighted by Crippen LogP contribution is 2.03. The fourth-order valence-corrected chi connectivity index (χ4v) is 1.68. The maximum absolute atomic E-state index is 12.1. The van der Waals surface area contributed by atoms with E-state index in [1.165, 1.54) is 19.1 Å². The summed E-state index contributed by atoms with van der Waals surface area (Å²) in [6.45, 7) is 2.58. The number of carboxylic acids is 1. The van der Waals surface area contributed by atoms with Crippen molar-refractivity contribution in [3.8, 4) is 0 Å².